The van der Waals surface area contributed by atoms with Gasteiger partial charge in [-0.3, -0.25) is 14.9 Å². The summed E-state index contributed by atoms with van der Waals surface area (Å²) in [6.07, 6.45) is 0. The van der Waals surface area contributed by atoms with Crippen molar-refractivity contribution < 1.29 is 28.7 Å². The fourth-order valence-corrected chi connectivity index (χ4v) is 3.04. The molecule has 0 amide bonds. The summed E-state index contributed by atoms with van der Waals surface area (Å²) in [4.78, 5) is 35.9. The summed E-state index contributed by atoms with van der Waals surface area (Å²) in [6, 6.07) is 16.7. The van der Waals surface area contributed by atoms with E-state index in [0.29, 0.717) is 11.5 Å². The highest BCUT2D eigenvalue weighted by Gasteiger charge is 2.22. The number of halogens is 1. The SMILES string of the molecule is COc1ccc(OCCOC(=O)c2ccccc2C(=O)c2ccc(Cl)c([N+](=O)[O-])c2)cc1. The zero-order valence-corrected chi connectivity index (χ0v) is 17.7. The Morgan fingerprint density at radius 2 is 1.59 bits per heavy atom. The second-order valence-electron chi connectivity index (χ2n) is 6.46. The van der Waals surface area contributed by atoms with Gasteiger partial charge in [-0.25, -0.2) is 4.79 Å². The van der Waals surface area contributed by atoms with E-state index in [4.69, 9.17) is 25.8 Å². The van der Waals surface area contributed by atoms with Crippen LogP contribution in [0.1, 0.15) is 26.3 Å². The van der Waals surface area contributed by atoms with Crippen molar-refractivity contribution >= 4 is 29.0 Å². The van der Waals surface area contributed by atoms with Gasteiger partial charge < -0.3 is 14.2 Å². The van der Waals surface area contributed by atoms with Crippen LogP contribution in [0.15, 0.2) is 66.7 Å². The molecule has 0 N–H and O–H groups in total. The monoisotopic (exact) mass is 455 g/mol. The molecule has 0 heterocycles. The second-order valence-corrected chi connectivity index (χ2v) is 6.87. The van der Waals surface area contributed by atoms with Crippen LogP contribution in [0.4, 0.5) is 5.69 Å². The minimum absolute atomic E-state index is 0.0317. The number of hydrogen-bond donors (Lipinski definition) is 0. The lowest BCUT2D eigenvalue weighted by molar-refractivity contribution is -0.384. The van der Waals surface area contributed by atoms with Crippen LogP contribution in [0.25, 0.3) is 0 Å². The van der Waals surface area contributed by atoms with Crippen LogP contribution in [0, 0.1) is 10.1 Å². The van der Waals surface area contributed by atoms with Gasteiger partial charge in [0.25, 0.3) is 5.69 Å². The Kier molecular flexibility index (Phi) is 7.41. The molecule has 0 bridgehead atoms. The normalized spacial score (nSPS) is 10.3. The van der Waals surface area contributed by atoms with E-state index in [-0.39, 0.29) is 34.9 Å². The Balaban J connectivity index is 1.67. The topological polar surface area (TPSA) is 105 Å². The molecule has 0 aromatic heterocycles. The van der Waals surface area contributed by atoms with Gasteiger partial charge in [0, 0.05) is 17.2 Å². The third-order valence-corrected chi connectivity index (χ3v) is 4.76. The van der Waals surface area contributed by atoms with Crippen LogP contribution >= 0.6 is 11.6 Å². The number of carbonyl (C=O) groups is 2. The van der Waals surface area contributed by atoms with E-state index in [9.17, 15) is 19.7 Å². The molecule has 0 aliphatic heterocycles. The van der Waals surface area contributed by atoms with Crippen molar-refractivity contribution in [3.63, 3.8) is 0 Å². The van der Waals surface area contributed by atoms with Gasteiger partial charge in [-0.05, 0) is 42.5 Å². The van der Waals surface area contributed by atoms with Gasteiger partial charge >= 0.3 is 5.97 Å². The summed E-state index contributed by atoms with van der Waals surface area (Å²) in [5.41, 5.74) is -0.262. The molecule has 9 heteroatoms. The molecule has 0 saturated carbocycles. The molecule has 0 aliphatic carbocycles. The molecule has 8 nitrogen and oxygen atoms in total. The van der Waals surface area contributed by atoms with E-state index in [2.05, 4.69) is 0 Å². The molecule has 0 radical (unpaired) electrons. The number of ether oxygens (including phenoxy) is 3. The largest absolute Gasteiger partial charge is 0.497 e. The molecule has 0 fully saturated rings. The van der Waals surface area contributed by atoms with Gasteiger partial charge in [0.15, 0.2) is 5.78 Å². The van der Waals surface area contributed by atoms with Crippen LogP contribution in [0.3, 0.4) is 0 Å². The zero-order valence-electron chi connectivity index (χ0n) is 16.9. The average Bonchev–Trinajstić information content (AvgIpc) is 2.81. The Bertz CT molecular complexity index is 1150. The molecule has 3 aromatic carbocycles. The number of esters is 1. The predicted octanol–water partition coefficient (Wildman–Crippen LogP) is 4.72. The van der Waals surface area contributed by atoms with Crippen LogP contribution in [-0.4, -0.2) is 37.0 Å². The van der Waals surface area contributed by atoms with Crippen LogP contribution in [0.2, 0.25) is 5.02 Å². The smallest absolute Gasteiger partial charge is 0.339 e. The molecule has 0 aliphatic rings. The van der Waals surface area contributed by atoms with E-state index in [0.717, 1.165) is 6.07 Å². The minimum Gasteiger partial charge on any atom is -0.497 e. The first-order valence-electron chi connectivity index (χ1n) is 9.42. The molecule has 3 rings (SSSR count). The fourth-order valence-electron chi connectivity index (χ4n) is 2.85. The summed E-state index contributed by atoms with van der Waals surface area (Å²) in [5, 5.41) is 11.0. The van der Waals surface area contributed by atoms with Gasteiger partial charge in [0.1, 0.15) is 29.7 Å². The highest BCUT2D eigenvalue weighted by atomic mass is 35.5. The van der Waals surface area contributed by atoms with Gasteiger partial charge in [0.05, 0.1) is 17.6 Å². The van der Waals surface area contributed by atoms with E-state index in [1.807, 2.05) is 0 Å². The van der Waals surface area contributed by atoms with Crippen molar-refractivity contribution in [3.05, 3.63) is 98.6 Å². The van der Waals surface area contributed by atoms with Gasteiger partial charge in [-0.1, -0.05) is 29.8 Å². The molecule has 0 atom stereocenters. The van der Waals surface area contributed by atoms with Crippen molar-refractivity contribution in [1.29, 1.82) is 0 Å². The Morgan fingerprint density at radius 3 is 2.25 bits per heavy atom. The summed E-state index contributed by atoms with van der Waals surface area (Å²) >= 11 is 5.81. The standard InChI is InChI=1S/C23H18ClNO7/c1-30-16-7-9-17(10-8-16)31-12-13-32-23(27)19-5-3-2-4-18(19)22(26)15-6-11-20(24)21(14-15)25(28)29/h2-11,14H,12-13H2,1H3. The van der Waals surface area contributed by atoms with Crippen molar-refractivity contribution in [2.24, 2.45) is 0 Å². The highest BCUT2D eigenvalue weighted by molar-refractivity contribution is 6.33. The summed E-state index contributed by atoms with van der Waals surface area (Å²) in [6.45, 7) is 0.0668. The number of benzene rings is 3. The lowest BCUT2D eigenvalue weighted by Crippen LogP contribution is -2.16. The molecular weight excluding hydrogens is 438 g/mol. The van der Waals surface area contributed by atoms with E-state index in [1.165, 1.54) is 24.3 Å². The van der Waals surface area contributed by atoms with Crippen molar-refractivity contribution in [2.45, 2.75) is 0 Å². The summed E-state index contributed by atoms with van der Waals surface area (Å²) < 4.78 is 15.8. The molecular formula is C23H18ClNO7. The van der Waals surface area contributed by atoms with Gasteiger partial charge in [-0.15, -0.1) is 0 Å². The van der Waals surface area contributed by atoms with Crippen LogP contribution in [0.5, 0.6) is 11.5 Å². The number of methoxy groups -OCH3 is 1. The average molecular weight is 456 g/mol. The molecule has 32 heavy (non-hydrogen) atoms. The lowest BCUT2D eigenvalue weighted by atomic mass is 9.98. The minimum atomic E-state index is -0.712. The number of hydrogen-bond acceptors (Lipinski definition) is 7. The molecule has 164 valence electrons. The lowest BCUT2D eigenvalue weighted by Gasteiger charge is -2.10. The third kappa shape index (κ3) is 5.41. The first-order chi connectivity index (χ1) is 15.4. The quantitative estimate of drug-likeness (QED) is 0.151. The van der Waals surface area contributed by atoms with Crippen molar-refractivity contribution in [3.8, 4) is 11.5 Å². The van der Waals surface area contributed by atoms with Crippen LogP contribution < -0.4 is 9.47 Å². The Labute approximate surface area is 188 Å². The number of carbonyl (C=O) groups excluding carboxylic acids is 2. The number of nitrogens with zero attached hydrogens (tertiary/aromatic N) is 1. The fraction of sp³-hybridized carbons (Fsp3) is 0.130. The van der Waals surface area contributed by atoms with Gasteiger partial charge in [0.2, 0.25) is 0 Å². The summed E-state index contributed by atoms with van der Waals surface area (Å²) in [5.74, 6) is 0.000347. The summed E-state index contributed by atoms with van der Waals surface area (Å²) in [7, 11) is 1.56. The maximum Gasteiger partial charge on any atom is 0.339 e. The molecule has 3 aromatic rings. The van der Waals surface area contributed by atoms with Crippen molar-refractivity contribution in [2.75, 3.05) is 20.3 Å². The maximum atomic E-state index is 12.9. The van der Waals surface area contributed by atoms with Crippen molar-refractivity contribution in [1.82, 2.24) is 0 Å². The number of ketones is 1. The third-order valence-electron chi connectivity index (χ3n) is 4.44. The zero-order chi connectivity index (χ0) is 23.1. The Hall–Kier alpha value is -3.91. The molecule has 0 saturated heterocycles. The van der Waals surface area contributed by atoms with Gasteiger partial charge in [-0.2, -0.15) is 0 Å². The number of nitro groups is 1. The first-order valence-corrected chi connectivity index (χ1v) is 9.80. The Morgan fingerprint density at radius 1 is 0.938 bits per heavy atom. The number of nitro benzene ring substituents is 1. The highest BCUT2D eigenvalue weighted by Crippen LogP contribution is 2.27. The van der Waals surface area contributed by atoms with E-state index < -0.39 is 22.4 Å². The number of rotatable bonds is 9. The molecule has 0 unspecified atom stereocenters. The first kappa shape index (κ1) is 22.8. The second kappa shape index (κ2) is 10.4. The van der Waals surface area contributed by atoms with E-state index in [1.54, 1.807) is 43.5 Å². The molecule has 0 spiro atoms. The maximum absolute atomic E-state index is 12.9. The van der Waals surface area contributed by atoms with E-state index >= 15 is 0 Å². The van der Waals surface area contributed by atoms with Crippen LogP contribution in [-0.2, 0) is 4.74 Å². The predicted molar refractivity (Wildman–Crippen MR) is 117 cm³/mol.